The molecule has 64 valence electrons. The highest BCUT2D eigenvalue weighted by molar-refractivity contribution is 5.17. The largest absolute Gasteiger partial charge is 0.329 e. The molecular formula is C9H12N2O. The Morgan fingerprint density at radius 1 is 1.50 bits per heavy atom. The first-order valence-electron chi connectivity index (χ1n) is 4.25. The lowest BCUT2D eigenvalue weighted by molar-refractivity contribution is 0.760. The Morgan fingerprint density at radius 2 is 2.42 bits per heavy atom. The van der Waals surface area contributed by atoms with Gasteiger partial charge in [-0.25, -0.2) is 0 Å². The zero-order valence-corrected chi connectivity index (χ0v) is 6.84. The Hall–Kier alpha value is -1.09. The molecule has 0 bridgehead atoms. The Labute approximate surface area is 70.8 Å². The number of nitrogens with one attached hydrogen (secondary N) is 2. The van der Waals surface area contributed by atoms with E-state index >= 15 is 0 Å². The van der Waals surface area contributed by atoms with Crippen LogP contribution in [-0.2, 0) is 0 Å². The van der Waals surface area contributed by atoms with Crippen LogP contribution in [0.25, 0.3) is 0 Å². The van der Waals surface area contributed by atoms with Gasteiger partial charge in [0.2, 0.25) is 5.56 Å². The summed E-state index contributed by atoms with van der Waals surface area (Å²) in [5.41, 5.74) is 1.16. The second-order valence-corrected chi connectivity index (χ2v) is 3.18. The summed E-state index contributed by atoms with van der Waals surface area (Å²) in [6.07, 6.45) is 2.86. The predicted octanol–water partition coefficient (Wildman–Crippen LogP) is 0.452. The van der Waals surface area contributed by atoms with Gasteiger partial charge in [-0.05, 0) is 30.5 Å². The van der Waals surface area contributed by atoms with Crippen molar-refractivity contribution in [2.75, 3.05) is 13.1 Å². The number of H-pyrrole nitrogens is 1. The molecule has 1 saturated heterocycles. The van der Waals surface area contributed by atoms with Crippen LogP contribution < -0.4 is 10.9 Å². The smallest absolute Gasteiger partial charge is 0.248 e. The summed E-state index contributed by atoms with van der Waals surface area (Å²) in [5.74, 6) is 0.535. The summed E-state index contributed by atoms with van der Waals surface area (Å²) in [7, 11) is 0. The minimum atomic E-state index is -0.000556. The third kappa shape index (κ3) is 1.41. The van der Waals surface area contributed by atoms with Crippen LogP contribution in [-0.4, -0.2) is 18.1 Å². The molecule has 12 heavy (non-hydrogen) atoms. The van der Waals surface area contributed by atoms with E-state index in [-0.39, 0.29) is 5.56 Å². The molecule has 1 aromatic rings. The fourth-order valence-corrected chi connectivity index (χ4v) is 1.65. The molecule has 0 aliphatic carbocycles. The van der Waals surface area contributed by atoms with E-state index in [4.69, 9.17) is 0 Å². The summed E-state index contributed by atoms with van der Waals surface area (Å²) in [6, 6.07) is 3.68. The Balaban J connectivity index is 2.27. The van der Waals surface area contributed by atoms with Crippen LogP contribution in [0.2, 0.25) is 0 Å². The number of aromatic nitrogens is 1. The van der Waals surface area contributed by atoms with Gasteiger partial charge >= 0.3 is 0 Å². The van der Waals surface area contributed by atoms with Gasteiger partial charge in [-0.3, -0.25) is 4.79 Å². The van der Waals surface area contributed by atoms with Gasteiger partial charge < -0.3 is 10.3 Å². The quantitative estimate of drug-likeness (QED) is 0.633. The van der Waals surface area contributed by atoms with Crippen molar-refractivity contribution in [3.63, 3.8) is 0 Å². The fourth-order valence-electron chi connectivity index (χ4n) is 1.65. The van der Waals surface area contributed by atoms with E-state index < -0.39 is 0 Å². The molecular weight excluding hydrogens is 152 g/mol. The SMILES string of the molecule is O=c1cc(C2CCNC2)cc[nH]1. The maximum absolute atomic E-state index is 11.0. The van der Waals surface area contributed by atoms with Gasteiger partial charge in [-0.15, -0.1) is 0 Å². The van der Waals surface area contributed by atoms with Crippen molar-refractivity contribution in [2.45, 2.75) is 12.3 Å². The number of rotatable bonds is 1. The summed E-state index contributed by atoms with van der Waals surface area (Å²) < 4.78 is 0. The number of pyridine rings is 1. The molecule has 0 aromatic carbocycles. The van der Waals surface area contributed by atoms with E-state index in [1.165, 1.54) is 0 Å². The normalized spacial score (nSPS) is 22.8. The molecule has 3 heteroatoms. The van der Waals surface area contributed by atoms with Crippen molar-refractivity contribution in [2.24, 2.45) is 0 Å². The van der Waals surface area contributed by atoms with Crippen LogP contribution in [0.4, 0.5) is 0 Å². The standard InChI is InChI=1S/C9H12N2O/c12-9-5-7(2-4-11-9)8-1-3-10-6-8/h2,4-5,8,10H,1,3,6H2,(H,11,12). The molecule has 2 heterocycles. The molecule has 0 spiro atoms. The first-order valence-corrected chi connectivity index (χ1v) is 4.25. The average molecular weight is 164 g/mol. The van der Waals surface area contributed by atoms with Crippen molar-refractivity contribution in [1.29, 1.82) is 0 Å². The third-order valence-corrected chi connectivity index (χ3v) is 2.33. The highest BCUT2D eigenvalue weighted by Crippen LogP contribution is 2.19. The highest BCUT2D eigenvalue weighted by atomic mass is 16.1. The maximum Gasteiger partial charge on any atom is 0.248 e. The zero-order chi connectivity index (χ0) is 8.39. The first kappa shape index (κ1) is 7.55. The minimum absolute atomic E-state index is 0.000556. The van der Waals surface area contributed by atoms with Gasteiger partial charge in [-0.1, -0.05) is 0 Å². The van der Waals surface area contributed by atoms with E-state index in [9.17, 15) is 4.79 Å². The minimum Gasteiger partial charge on any atom is -0.329 e. The summed E-state index contributed by atoms with van der Waals surface area (Å²) in [4.78, 5) is 13.6. The van der Waals surface area contributed by atoms with Crippen LogP contribution >= 0.6 is 0 Å². The second-order valence-electron chi connectivity index (χ2n) is 3.18. The number of hydrogen-bond acceptors (Lipinski definition) is 2. The third-order valence-electron chi connectivity index (χ3n) is 2.33. The van der Waals surface area contributed by atoms with Crippen LogP contribution in [0.1, 0.15) is 17.9 Å². The molecule has 2 N–H and O–H groups in total. The van der Waals surface area contributed by atoms with Crippen molar-refractivity contribution in [3.8, 4) is 0 Å². The van der Waals surface area contributed by atoms with Gasteiger partial charge in [-0.2, -0.15) is 0 Å². The predicted molar refractivity (Wildman–Crippen MR) is 47.3 cm³/mol. The molecule has 0 saturated carbocycles. The molecule has 1 fully saturated rings. The maximum atomic E-state index is 11.0. The van der Waals surface area contributed by atoms with E-state index in [0.717, 1.165) is 25.1 Å². The molecule has 0 amide bonds. The van der Waals surface area contributed by atoms with E-state index in [1.54, 1.807) is 12.3 Å². The van der Waals surface area contributed by atoms with Crippen LogP contribution in [0, 0.1) is 0 Å². The van der Waals surface area contributed by atoms with Gasteiger partial charge in [0.15, 0.2) is 0 Å². The molecule has 0 radical (unpaired) electrons. The molecule has 1 aromatic heterocycles. The van der Waals surface area contributed by atoms with E-state index in [1.807, 2.05) is 6.07 Å². The molecule has 1 aliphatic heterocycles. The van der Waals surface area contributed by atoms with Crippen LogP contribution in [0.15, 0.2) is 23.1 Å². The average Bonchev–Trinajstić information content (AvgIpc) is 2.56. The van der Waals surface area contributed by atoms with Gasteiger partial charge in [0, 0.05) is 18.8 Å². The molecule has 1 aliphatic rings. The number of hydrogen-bond donors (Lipinski definition) is 2. The molecule has 1 atom stereocenters. The Bertz CT molecular complexity index is 312. The van der Waals surface area contributed by atoms with E-state index in [2.05, 4.69) is 10.3 Å². The Morgan fingerprint density at radius 3 is 3.08 bits per heavy atom. The van der Waals surface area contributed by atoms with Crippen molar-refractivity contribution in [3.05, 3.63) is 34.2 Å². The molecule has 1 unspecified atom stereocenters. The van der Waals surface area contributed by atoms with E-state index in [0.29, 0.717) is 5.92 Å². The Kier molecular flexibility index (Phi) is 1.96. The fraction of sp³-hybridized carbons (Fsp3) is 0.444. The molecule has 2 rings (SSSR count). The summed E-state index contributed by atoms with van der Waals surface area (Å²) in [5, 5.41) is 3.28. The van der Waals surface area contributed by atoms with Crippen LogP contribution in [0.3, 0.4) is 0 Å². The van der Waals surface area contributed by atoms with Gasteiger partial charge in [0.25, 0.3) is 0 Å². The summed E-state index contributed by atoms with van der Waals surface area (Å²) >= 11 is 0. The van der Waals surface area contributed by atoms with Crippen molar-refractivity contribution < 1.29 is 0 Å². The zero-order valence-electron chi connectivity index (χ0n) is 6.84. The lowest BCUT2D eigenvalue weighted by Crippen LogP contribution is -2.10. The lowest BCUT2D eigenvalue weighted by atomic mass is 10.00. The summed E-state index contributed by atoms with van der Waals surface area (Å²) in [6.45, 7) is 2.07. The van der Waals surface area contributed by atoms with Crippen molar-refractivity contribution >= 4 is 0 Å². The number of aromatic amines is 1. The van der Waals surface area contributed by atoms with Gasteiger partial charge in [0.1, 0.15) is 0 Å². The monoisotopic (exact) mass is 164 g/mol. The lowest BCUT2D eigenvalue weighted by Gasteiger charge is -2.06. The second kappa shape index (κ2) is 3.11. The van der Waals surface area contributed by atoms with Gasteiger partial charge in [0.05, 0.1) is 0 Å². The highest BCUT2D eigenvalue weighted by Gasteiger charge is 2.16. The first-order chi connectivity index (χ1) is 5.86. The van der Waals surface area contributed by atoms with Crippen LogP contribution in [0.5, 0.6) is 0 Å². The van der Waals surface area contributed by atoms with Crippen molar-refractivity contribution in [1.82, 2.24) is 10.3 Å². The molecule has 3 nitrogen and oxygen atoms in total. The topological polar surface area (TPSA) is 44.9 Å².